The molecule has 106 valence electrons. The summed E-state index contributed by atoms with van der Waals surface area (Å²) in [7, 11) is 0. The van der Waals surface area contributed by atoms with E-state index in [1.165, 1.54) is 6.07 Å². The van der Waals surface area contributed by atoms with Crippen LogP contribution in [-0.2, 0) is 6.42 Å². The third-order valence-electron chi connectivity index (χ3n) is 2.91. The molecule has 0 fully saturated rings. The molecule has 0 saturated heterocycles. The Morgan fingerprint density at radius 2 is 1.86 bits per heavy atom. The number of nitriles is 1. The van der Waals surface area contributed by atoms with Crippen LogP contribution in [0.4, 0.5) is 14.9 Å². The van der Waals surface area contributed by atoms with Gasteiger partial charge in [-0.3, -0.25) is 0 Å². The molecule has 0 aliphatic carbocycles. The average molecular weight is 283 g/mol. The molecule has 0 atom stereocenters. The summed E-state index contributed by atoms with van der Waals surface area (Å²) in [5.41, 5.74) is 1.69. The topological polar surface area (TPSA) is 64.9 Å². The molecule has 0 heterocycles. The fourth-order valence-corrected chi connectivity index (χ4v) is 1.82. The van der Waals surface area contributed by atoms with Crippen molar-refractivity contribution in [2.45, 2.75) is 6.42 Å². The van der Waals surface area contributed by atoms with Gasteiger partial charge in [0.1, 0.15) is 5.82 Å². The molecule has 0 saturated carbocycles. The number of halogens is 1. The fraction of sp³-hybridized carbons (Fsp3) is 0.125. The van der Waals surface area contributed by atoms with Crippen molar-refractivity contribution in [1.29, 1.82) is 5.26 Å². The van der Waals surface area contributed by atoms with Crippen molar-refractivity contribution in [2.24, 2.45) is 0 Å². The van der Waals surface area contributed by atoms with Crippen LogP contribution >= 0.6 is 0 Å². The van der Waals surface area contributed by atoms with E-state index < -0.39 is 0 Å². The maximum Gasteiger partial charge on any atom is 0.319 e. The number of carbonyl (C=O) groups excluding carboxylic acids is 1. The van der Waals surface area contributed by atoms with Crippen LogP contribution < -0.4 is 10.6 Å². The lowest BCUT2D eigenvalue weighted by Crippen LogP contribution is -2.30. The molecule has 0 radical (unpaired) electrons. The summed E-state index contributed by atoms with van der Waals surface area (Å²) in [5.74, 6) is -0.271. The number of amides is 2. The first-order valence-electron chi connectivity index (χ1n) is 6.47. The summed E-state index contributed by atoms with van der Waals surface area (Å²) in [5, 5.41) is 14.0. The number of nitrogens with zero attached hydrogens (tertiary/aromatic N) is 1. The lowest BCUT2D eigenvalue weighted by Gasteiger charge is -2.08. The van der Waals surface area contributed by atoms with Gasteiger partial charge >= 0.3 is 6.03 Å². The zero-order valence-electron chi connectivity index (χ0n) is 11.3. The maximum atomic E-state index is 13.4. The summed E-state index contributed by atoms with van der Waals surface area (Å²) in [6.07, 6.45) is 0.424. The van der Waals surface area contributed by atoms with E-state index in [1.807, 2.05) is 6.07 Å². The minimum atomic E-state index is -0.365. The largest absolute Gasteiger partial charge is 0.338 e. The van der Waals surface area contributed by atoms with Gasteiger partial charge in [-0.25, -0.2) is 9.18 Å². The van der Waals surface area contributed by atoms with Crippen LogP contribution in [0, 0.1) is 17.1 Å². The summed E-state index contributed by atoms with van der Waals surface area (Å²) in [4.78, 5) is 11.7. The molecule has 5 heteroatoms. The van der Waals surface area contributed by atoms with Crippen LogP contribution in [0.15, 0.2) is 48.5 Å². The zero-order valence-corrected chi connectivity index (χ0v) is 11.3. The quantitative estimate of drug-likeness (QED) is 0.905. The Kier molecular flexibility index (Phi) is 4.89. The van der Waals surface area contributed by atoms with Crippen LogP contribution in [0.2, 0.25) is 0 Å². The van der Waals surface area contributed by atoms with Gasteiger partial charge < -0.3 is 10.6 Å². The number of hydrogen-bond donors (Lipinski definition) is 2. The Hall–Kier alpha value is -2.87. The van der Waals surface area contributed by atoms with Crippen molar-refractivity contribution in [3.8, 4) is 6.07 Å². The van der Waals surface area contributed by atoms with Crippen molar-refractivity contribution in [3.63, 3.8) is 0 Å². The van der Waals surface area contributed by atoms with Gasteiger partial charge in [0, 0.05) is 12.2 Å². The van der Waals surface area contributed by atoms with Crippen LogP contribution in [0.3, 0.4) is 0 Å². The highest BCUT2D eigenvalue weighted by atomic mass is 19.1. The fourth-order valence-electron chi connectivity index (χ4n) is 1.82. The minimum Gasteiger partial charge on any atom is -0.338 e. The van der Waals surface area contributed by atoms with E-state index in [-0.39, 0.29) is 11.8 Å². The number of urea groups is 1. The highest BCUT2D eigenvalue weighted by Crippen LogP contribution is 2.09. The summed E-state index contributed by atoms with van der Waals surface area (Å²) >= 11 is 0. The second-order valence-corrected chi connectivity index (χ2v) is 4.41. The van der Waals surface area contributed by atoms with Crippen molar-refractivity contribution in [3.05, 3.63) is 65.5 Å². The van der Waals surface area contributed by atoms with Crippen molar-refractivity contribution in [1.82, 2.24) is 5.32 Å². The Morgan fingerprint density at radius 3 is 2.52 bits per heavy atom. The van der Waals surface area contributed by atoms with Crippen LogP contribution in [-0.4, -0.2) is 12.6 Å². The summed E-state index contributed by atoms with van der Waals surface area (Å²) in [6.45, 7) is 0.336. The molecule has 2 aromatic carbocycles. The van der Waals surface area contributed by atoms with Crippen molar-refractivity contribution in [2.75, 3.05) is 11.9 Å². The van der Waals surface area contributed by atoms with E-state index >= 15 is 0 Å². The van der Waals surface area contributed by atoms with Gasteiger partial charge in [-0.1, -0.05) is 18.2 Å². The van der Waals surface area contributed by atoms with Gasteiger partial charge in [-0.15, -0.1) is 0 Å². The molecular weight excluding hydrogens is 269 g/mol. The number of rotatable bonds is 4. The monoisotopic (exact) mass is 283 g/mol. The Labute approximate surface area is 122 Å². The summed E-state index contributed by atoms with van der Waals surface area (Å²) < 4.78 is 13.4. The molecule has 0 aliphatic heterocycles. The summed E-state index contributed by atoms with van der Waals surface area (Å²) in [6, 6.07) is 14.6. The second-order valence-electron chi connectivity index (χ2n) is 4.41. The van der Waals surface area contributed by atoms with E-state index in [0.29, 0.717) is 29.8 Å². The van der Waals surface area contributed by atoms with Crippen molar-refractivity contribution >= 4 is 11.7 Å². The van der Waals surface area contributed by atoms with E-state index in [2.05, 4.69) is 10.6 Å². The average Bonchev–Trinajstić information content (AvgIpc) is 2.50. The predicted molar refractivity (Wildman–Crippen MR) is 78.3 cm³/mol. The molecule has 2 rings (SSSR count). The van der Waals surface area contributed by atoms with Crippen LogP contribution in [0.1, 0.15) is 11.1 Å². The lowest BCUT2D eigenvalue weighted by molar-refractivity contribution is 0.252. The third kappa shape index (κ3) is 4.32. The Morgan fingerprint density at radius 1 is 1.14 bits per heavy atom. The number of carbonyl (C=O) groups is 1. The zero-order chi connectivity index (χ0) is 15.1. The number of anilines is 1. The van der Waals surface area contributed by atoms with Crippen LogP contribution in [0.5, 0.6) is 0 Å². The predicted octanol–water partition coefficient (Wildman–Crippen LogP) is 3.06. The van der Waals surface area contributed by atoms with E-state index in [1.54, 1.807) is 42.5 Å². The molecule has 2 N–H and O–H groups in total. The molecule has 21 heavy (non-hydrogen) atoms. The van der Waals surface area contributed by atoms with Gasteiger partial charge in [0.05, 0.1) is 11.6 Å². The first kappa shape index (κ1) is 14.5. The smallest absolute Gasteiger partial charge is 0.319 e. The standard InChI is InChI=1S/C16H14FN3O/c17-15-4-2-1-3-13(15)9-10-19-16(21)20-14-7-5-12(11-18)6-8-14/h1-8H,9-10H2,(H2,19,20,21). The molecule has 0 aromatic heterocycles. The minimum absolute atomic E-state index is 0.271. The molecule has 0 aliphatic rings. The highest BCUT2D eigenvalue weighted by Gasteiger charge is 2.03. The molecule has 2 aromatic rings. The molecular formula is C16H14FN3O. The van der Waals surface area contributed by atoms with E-state index in [4.69, 9.17) is 5.26 Å². The normalized spacial score (nSPS) is 9.71. The number of hydrogen-bond acceptors (Lipinski definition) is 2. The molecule has 4 nitrogen and oxygen atoms in total. The molecule has 0 spiro atoms. The molecule has 0 unspecified atom stereocenters. The van der Waals surface area contributed by atoms with Gasteiger partial charge in [-0.05, 0) is 42.3 Å². The maximum absolute atomic E-state index is 13.4. The highest BCUT2D eigenvalue weighted by molar-refractivity contribution is 5.89. The Bertz CT molecular complexity index is 662. The van der Waals surface area contributed by atoms with Gasteiger partial charge in [0.25, 0.3) is 0 Å². The SMILES string of the molecule is N#Cc1ccc(NC(=O)NCCc2ccccc2F)cc1. The number of benzene rings is 2. The van der Waals surface area contributed by atoms with Crippen molar-refractivity contribution < 1.29 is 9.18 Å². The number of nitrogens with one attached hydrogen (secondary N) is 2. The van der Waals surface area contributed by atoms with Gasteiger partial charge in [0.15, 0.2) is 0 Å². The molecule has 2 amide bonds. The van der Waals surface area contributed by atoms with E-state index in [9.17, 15) is 9.18 Å². The lowest BCUT2D eigenvalue weighted by atomic mass is 10.1. The second kappa shape index (κ2) is 7.06. The first-order valence-corrected chi connectivity index (χ1v) is 6.47. The third-order valence-corrected chi connectivity index (χ3v) is 2.91. The Balaban J connectivity index is 1.80. The molecule has 0 bridgehead atoms. The van der Waals surface area contributed by atoms with Gasteiger partial charge in [-0.2, -0.15) is 5.26 Å². The van der Waals surface area contributed by atoms with E-state index in [0.717, 1.165) is 0 Å². The van der Waals surface area contributed by atoms with Gasteiger partial charge in [0.2, 0.25) is 0 Å². The van der Waals surface area contributed by atoms with Crippen LogP contribution in [0.25, 0.3) is 0 Å². The first-order chi connectivity index (χ1) is 10.2.